The Morgan fingerprint density at radius 2 is 2.16 bits per heavy atom. The van der Waals surface area contributed by atoms with E-state index in [1.165, 1.54) is 0 Å². The molecule has 0 aromatic carbocycles. The number of carbonyl (C=O) groups excluding carboxylic acids is 1. The van der Waals surface area contributed by atoms with Crippen LogP contribution in [-0.4, -0.2) is 54.7 Å². The maximum Gasteiger partial charge on any atom is 0.309 e. The quantitative estimate of drug-likeness (QED) is 0.679. The molecule has 1 fully saturated rings. The summed E-state index contributed by atoms with van der Waals surface area (Å²) in [5.41, 5.74) is 4.48. The minimum Gasteiger partial charge on any atom is -0.481 e. The fraction of sp³-hybridized carbons (Fsp3) is 0.846. The standard InChI is InChI=1S/C13H24N2O4/c1-13(2,12(17)18)10-4-3-6-15(8-10)11(16)9-19-7-5-14/h10H,3-9,14H2,1-2H3,(H,17,18). The Balaban J connectivity index is 2.54. The van der Waals surface area contributed by atoms with E-state index in [-0.39, 0.29) is 18.4 Å². The second kappa shape index (κ2) is 6.86. The molecule has 1 saturated heterocycles. The van der Waals surface area contributed by atoms with Gasteiger partial charge in [0.15, 0.2) is 0 Å². The molecule has 19 heavy (non-hydrogen) atoms. The van der Waals surface area contributed by atoms with Crippen LogP contribution in [0.5, 0.6) is 0 Å². The number of rotatable bonds is 6. The van der Waals surface area contributed by atoms with Gasteiger partial charge in [-0.1, -0.05) is 0 Å². The van der Waals surface area contributed by atoms with Crippen molar-refractivity contribution in [3.63, 3.8) is 0 Å². The van der Waals surface area contributed by atoms with Crippen LogP contribution in [0.2, 0.25) is 0 Å². The summed E-state index contributed by atoms with van der Waals surface area (Å²) in [6.45, 7) is 5.39. The van der Waals surface area contributed by atoms with Crippen molar-refractivity contribution in [3.8, 4) is 0 Å². The zero-order valence-electron chi connectivity index (χ0n) is 11.7. The molecule has 0 aliphatic carbocycles. The highest BCUT2D eigenvalue weighted by Crippen LogP contribution is 2.34. The average molecular weight is 272 g/mol. The number of likely N-dealkylation sites (tertiary alicyclic amines) is 1. The minimum absolute atomic E-state index is 0.0165. The number of carbonyl (C=O) groups is 2. The molecule has 3 N–H and O–H groups in total. The number of carboxylic acid groups (broad SMARTS) is 1. The van der Waals surface area contributed by atoms with Crippen LogP contribution in [0.1, 0.15) is 26.7 Å². The highest BCUT2D eigenvalue weighted by Gasteiger charge is 2.39. The normalized spacial score (nSPS) is 20.4. The Bertz CT molecular complexity index is 331. The molecule has 1 heterocycles. The van der Waals surface area contributed by atoms with Crippen molar-refractivity contribution in [1.29, 1.82) is 0 Å². The fourth-order valence-corrected chi connectivity index (χ4v) is 2.30. The number of carboxylic acids is 1. The molecule has 0 aromatic heterocycles. The molecule has 1 unspecified atom stereocenters. The van der Waals surface area contributed by atoms with Gasteiger partial charge in [0.05, 0.1) is 12.0 Å². The predicted octanol–water partition coefficient (Wildman–Crippen LogP) is 0.311. The van der Waals surface area contributed by atoms with E-state index in [2.05, 4.69) is 0 Å². The van der Waals surface area contributed by atoms with E-state index in [9.17, 15) is 14.7 Å². The first-order valence-electron chi connectivity index (χ1n) is 6.68. The second-order valence-corrected chi connectivity index (χ2v) is 5.55. The van der Waals surface area contributed by atoms with Crippen molar-refractivity contribution in [2.45, 2.75) is 26.7 Å². The van der Waals surface area contributed by atoms with Gasteiger partial charge in [0.25, 0.3) is 0 Å². The lowest BCUT2D eigenvalue weighted by Gasteiger charge is -2.39. The minimum atomic E-state index is -0.814. The van der Waals surface area contributed by atoms with E-state index < -0.39 is 11.4 Å². The van der Waals surface area contributed by atoms with Crippen LogP contribution < -0.4 is 5.73 Å². The van der Waals surface area contributed by atoms with Crippen molar-refractivity contribution in [3.05, 3.63) is 0 Å². The van der Waals surface area contributed by atoms with Crippen LogP contribution in [0.3, 0.4) is 0 Å². The highest BCUT2D eigenvalue weighted by molar-refractivity contribution is 5.78. The van der Waals surface area contributed by atoms with Gasteiger partial charge in [0.1, 0.15) is 6.61 Å². The fourth-order valence-electron chi connectivity index (χ4n) is 2.30. The number of amides is 1. The van der Waals surface area contributed by atoms with E-state index in [1.807, 2.05) is 0 Å². The van der Waals surface area contributed by atoms with Crippen molar-refractivity contribution in [2.75, 3.05) is 32.8 Å². The molecular formula is C13H24N2O4. The molecule has 0 bridgehead atoms. The van der Waals surface area contributed by atoms with Gasteiger partial charge in [-0.3, -0.25) is 9.59 Å². The summed E-state index contributed by atoms with van der Waals surface area (Å²) in [6.07, 6.45) is 1.68. The van der Waals surface area contributed by atoms with Gasteiger partial charge in [0, 0.05) is 19.6 Å². The molecule has 0 aromatic rings. The molecule has 0 saturated carbocycles. The van der Waals surface area contributed by atoms with Crippen LogP contribution in [0, 0.1) is 11.3 Å². The van der Waals surface area contributed by atoms with Gasteiger partial charge in [-0.2, -0.15) is 0 Å². The summed E-state index contributed by atoms with van der Waals surface area (Å²) in [5.74, 6) is -0.914. The molecule has 6 nitrogen and oxygen atoms in total. The van der Waals surface area contributed by atoms with Crippen molar-refractivity contribution in [2.24, 2.45) is 17.1 Å². The summed E-state index contributed by atoms with van der Waals surface area (Å²) in [7, 11) is 0. The SMILES string of the molecule is CC(C)(C(=O)O)C1CCCN(C(=O)COCCN)C1. The first-order chi connectivity index (χ1) is 8.89. The molecular weight excluding hydrogens is 248 g/mol. The van der Waals surface area contributed by atoms with E-state index in [1.54, 1.807) is 18.7 Å². The summed E-state index contributed by atoms with van der Waals surface area (Å²) >= 11 is 0. The number of nitrogens with two attached hydrogens (primary N) is 1. The Hall–Kier alpha value is -1.14. The first kappa shape index (κ1) is 15.9. The number of piperidine rings is 1. The third kappa shape index (κ3) is 4.18. The van der Waals surface area contributed by atoms with Gasteiger partial charge >= 0.3 is 5.97 Å². The summed E-state index contributed by atoms with van der Waals surface area (Å²) in [5, 5.41) is 9.25. The molecule has 1 amide bonds. The number of nitrogens with zero attached hydrogens (tertiary/aromatic N) is 1. The van der Waals surface area contributed by atoms with E-state index in [4.69, 9.17) is 10.5 Å². The van der Waals surface area contributed by atoms with Gasteiger partial charge in [-0.05, 0) is 32.6 Å². The van der Waals surface area contributed by atoms with Crippen LogP contribution in [0.4, 0.5) is 0 Å². The molecule has 110 valence electrons. The third-order valence-corrected chi connectivity index (χ3v) is 3.83. The third-order valence-electron chi connectivity index (χ3n) is 3.83. The maximum absolute atomic E-state index is 11.9. The van der Waals surface area contributed by atoms with Gasteiger partial charge in [-0.25, -0.2) is 0 Å². The molecule has 0 radical (unpaired) electrons. The zero-order chi connectivity index (χ0) is 14.5. The molecule has 0 spiro atoms. The molecule has 6 heteroatoms. The Morgan fingerprint density at radius 3 is 2.74 bits per heavy atom. The molecule has 1 rings (SSSR count). The van der Waals surface area contributed by atoms with Crippen molar-refractivity contribution >= 4 is 11.9 Å². The lowest BCUT2D eigenvalue weighted by molar-refractivity contribution is -0.153. The smallest absolute Gasteiger partial charge is 0.309 e. The van der Waals surface area contributed by atoms with Gasteiger partial charge in [-0.15, -0.1) is 0 Å². The van der Waals surface area contributed by atoms with Crippen LogP contribution in [0.25, 0.3) is 0 Å². The predicted molar refractivity (Wildman–Crippen MR) is 70.6 cm³/mol. The maximum atomic E-state index is 11.9. The average Bonchev–Trinajstić information content (AvgIpc) is 2.39. The zero-order valence-corrected chi connectivity index (χ0v) is 11.7. The highest BCUT2D eigenvalue weighted by atomic mass is 16.5. The molecule has 1 aliphatic rings. The van der Waals surface area contributed by atoms with E-state index in [0.29, 0.717) is 26.2 Å². The van der Waals surface area contributed by atoms with Crippen molar-refractivity contribution < 1.29 is 19.4 Å². The Morgan fingerprint density at radius 1 is 1.47 bits per heavy atom. The van der Waals surface area contributed by atoms with Crippen LogP contribution in [0.15, 0.2) is 0 Å². The number of ether oxygens (including phenoxy) is 1. The van der Waals surface area contributed by atoms with E-state index >= 15 is 0 Å². The largest absolute Gasteiger partial charge is 0.481 e. The van der Waals surface area contributed by atoms with Gasteiger partial charge in [0.2, 0.25) is 5.91 Å². The summed E-state index contributed by atoms with van der Waals surface area (Å²) < 4.78 is 5.13. The summed E-state index contributed by atoms with van der Waals surface area (Å²) in [6, 6.07) is 0. The Kier molecular flexibility index (Phi) is 5.75. The Labute approximate surface area is 113 Å². The molecule has 1 atom stereocenters. The van der Waals surface area contributed by atoms with Crippen LogP contribution in [-0.2, 0) is 14.3 Å². The lowest BCUT2D eigenvalue weighted by atomic mass is 9.74. The lowest BCUT2D eigenvalue weighted by Crippen LogP contribution is -2.47. The van der Waals surface area contributed by atoms with E-state index in [0.717, 1.165) is 12.8 Å². The first-order valence-corrected chi connectivity index (χ1v) is 6.68. The second-order valence-electron chi connectivity index (χ2n) is 5.55. The molecule has 1 aliphatic heterocycles. The monoisotopic (exact) mass is 272 g/mol. The number of aliphatic carboxylic acids is 1. The topological polar surface area (TPSA) is 92.9 Å². The summed E-state index contributed by atoms with van der Waals surface area (Å²) in [4.78, 5) is 24.9. The number of hydrogen-bond acceptors (Lipinski definition) is 4. The van der Waals surface area contributed by atoms with Crippen molar-refractivity contribution in [1.82, 2.24) is 4.90 Å². The van der Waals surface area contributed by atoms with Crippen LogP contribution >= 0.6 is 0 Å². The number of hydrogen-bond donors (Lipinski definition) is 2. The van der Waals surface area contributed by atoms with Gasteiger partial charge < -0.3 is 20.5 Å².